The lowest BCUT2D eigenvalue weighted by molar-refractivity contribution is 0.997. The first kappa shape index (κ1) is 2.83. The summed E-state index contributed by atoms with van der Waals surface area (Å²) in [5.41, 5.74) is 4.85. The summed E-state index contributed by atoms with van der Waals surface area (Å²) < 4.78 is 60.7. The van der Waals surface area contributed by atoms with Crippen molar-refractivity contribution in [3.63, 3.8) is 0 Å². The topological polar surface area (TPSA) is 56.7 Å². The second kappa shape index (κ2) is 2.90. The first-order chi connectivity index (χ1) is 9.55. The van der Waals surface area contributed by atoms with Gasteiger partial charge in [0, 0.05) is 10.3 Å². The molecule has 66 valence electrons. The fourth-order valence-electron chi connectivity index (χ4n) is 0.783. The summed E-state index contributed by atoms with van der Waals surface area (Å²) in [7, 11) is 0. The van der Waals surface area contributed by atoms with E-state index in [-0.39, 0.29) is 11.6 Å². The van der Waals surface area contributed by atoms with Gasteiger partial charge >= 0.3 is 0 Å². The van der Waals surface area contributed by atoms with Crippen LogP contribution < -0.4 is 5.73 Å². The summed E-state index contributed by atoms with van der Waals surface area (Å²) in [5, 5.41) is 0. The minimum atomic E-state index is -2.69. The average Bonchev–Trinajstić information content (AvgIpc) is 2.67. The highest BCUT2D eigenvalue weighted by Gasteiger charge is 1.98. The van der Waals surface area contributed by atoms with E-state index < -0.39 is 43.1 Å². The summed E-state index contributed by atoms with van der Waals surface area (Å²) in [6.45, 7) is -2.69. The average molecular weight is 182 g/mol. The molecule has 0 unspecified atom stereocenters. The molecule has 0 aromatic carbocycles. The maximum atomic E-state index is 7.80. The smallest absolute Gasteiger partial charge is 0.140 e. The number of aryl methyl sites for hydroxylation is 1. The van der Waals surface area contributed by atoms with Crippen LogP contribution in [0.25, 0.3) is 5.82 Å². The molecule has 2 heterocycles. The number of hydrogen-bond donors (Lipinski definition) is 1. The highest BCUT2D eigenvalue weighted by molar-refractivity contribution is 5.35. The molecule has 0 amide bonds. The van der Waals surface area contributed by atoms with Crippen LogP contribution in [0.15, 0.2) is 30.6 Å². The molecule has 4 heteroatoms. The Hall–Kier alpha value is -1.84. The number of nitrogen functional groups attached to an aromatic ring is 1. The Bertz CT molecular complexity index is 720. The van der Waals surface area contributed by atoms with Gasteiger partial charge in [0.2, 0.25) is 0 Å². The molecule has 0 radical (unpaired) electrons. The largest absolute Gasteiger partial charge is 0.384 e. The van der Waals surface area contributed by atoms with Crippen LogP contribution in [-0.2, 0) is 0 Å². The van der Waals surface area contributed by atoms with E-state index in [4.69, 9.17) is 16.7 Å². The minimum absolute atomic E-state index is 0.353. The molecule has 0 aliphatic carbocycles. The quantitative estimate of drug-likeness (QED) is 0.720. The van der Waals surface area contributed by atoms with Crippen molar-refractivity contribution in [1.82, 2.24) is 14.5 Å². The van der Waals surface area contributed by atoms with Crippen LogP contribution in [0.2, 0.25) is 0 Å². The highest BCUT2D eigenvalue weighted by atomic mass is 15.1. The molecular weight excluding hydrogens is 164 g/mol. The van der Waals surface area contributed by atoms with Gasteiger partial charge in [-0.25, -0.2) is 9.97 Å². The van der Waals surface area contributed by atoms with Gasteiger partial charge < -0.3 is 5.73 Å². The van der Waals surface area contributed by atoms with Crippen LogP contribution in [0.3, 0.4) is 0 Å². The highest BCUT2D eigenvalue weighted by Crippen LogP contribution is 2.06. The Morgan fingerprint density at radius 2 is 2.54 bits per heavy atom. The number of imidazole rings is 1. The van der Waals surface area contributed by atoms with E-state index in [1.165, 1.54) is 0 Å². The van der Waals surface area contributed by atoms with Crippen molar-refractivity contribution in [2.45, 2.75) is 6.85 Å². The van der Waals surface area contributed by atoms with Gasteiger partial charge in [-0.05, 0) is 18.9 Å². The van der Waals surface area contributed by atoms with Crippen molar-refractivity contribution in [3.8, 4) is 5.82 Å². The van der Waals surface area contributed by atoms with Gasteiger partial charge in [-0.3, -0.25) is 4.57 Å². The van der Waals surface area contributed by atoms with Crippen molar-refractivity contribution in [1.29, 1.82) is 0 Å². The van der Waals surface area contributed by atoms with Crippen LogP contribution in [0.5, 0.6) is 0 Å². The molecule has 0 fully saturated rings. The third kappa shape index (κ3) is 1.51. The van der Waals surface area contributed by atoms with Gasteiger partial charge in [0.1, 0.15) is 19.3 Å². The molecule has 0 aliphatic heterocycles. The lowest BCUT2D eigenvalue weighted by Gasteiger charge is -2.00. The fourth-order valence-corrected chi connectivity index (χ4v) is 0.783. The number of hydrogen-bond acceptors (Lipinski definition) is 3. The molecule has 0 bridgehead atoms. The summed E-state index contributed by atoms with van der Waals surface area (Å²) in [4.78, 5) is 7.19. The number of anilines is 1. The molecular formula is C9H10N4. The maximum absolute atomic E-state index is 7.80. The van der Waals surface area contributed by atoms with E-state index in [2.05, 4.69) is 9.97 Å². The second-order valence-corrected chi connectivity index (χ2v) is 2.20. The van der Waals surface area contributed by atoms with Crippen LogP contribution in [0.1, 0.15) is 16.7 Å². The number of nitrogens with zero attached hydrogens (tertiary/aromatic N) is 3. The SMILES string of the molecule is [2H]c1c(N)nc(-n2c([2H])nc(C([2H])([2H])[2H])c2[2H])c([2H])c1[2H]. The zero-order chi connectivity index (χ0) is 16.1. The molecule has 2 N–H and O–H groups in total. The lowest BCUT2D eigenvalue weighted by atomic mass is 10.4. The van der Waals surface area contributed by atoms with E-state index in [1.807, 2.05) is 0 Å². The van der Waals surface area contributed by atoms with Crippen LogP contribution in [-0.4, -0.2) is 14.5 Å². The molecule has 0 atom stereocenters. The van der Waals surface area contributed by atoms with Crippen molar-refractivity contribution in [3.05, 3.63) is 36.3 Å². The fraction of sp³-hybridized carbons (Fsp3) is 0.111. The first-order valence-corrected chi connectivity index (χ1v) is 3.35. The Kier molecular flexibility index (Phi) is 0.631. The third-order valence-corrected chi connectivity index (χ3v) is 1.28. The van der Waals surface area contributed by atoms with Crippen molar-refractivity contribution < 1.29 is 11.0 Å². The number of nitrogens with two attached hydrogens (primary N) is 1. The Morgan fingerprint density at radius 1 is 1.62 bits per heavy atom. The summed E-state index contributed by atoms with van der Waals surface area (Å²) >= 11 is 0. The molecule has 0 saturated heterocycles. The molecule has 0 aliphatic rings. The van der Waals surface area contributed by atoms with Gasteiger partial charge in [0.15, 0.2) is 0 Å². The van der Waals surface area contributed by atoms with E-state index in [1.54, 1.807) is 0 Å². The standard InChI is InChI=1S/C9H10N4/c1-7-5-13(6-11-7)9-4-2-3-8(10)12-9/h2-6H,1H3,(H2,10,12)/i1D3,2D,3D,4D,5D,6D. The van der Waals surface area contributed by atoms with Gasteiger partial charge in [-0.1, -0.05) is 6.04 Å². The van der Waals surface area contributed by atoms with Gasteiger partial charge in [0.25, 0.3) is 0 Å². The van der Waals surface area contributed by atoms with E-state index >= 15 is 0 Å². The van der Waals surface area contributed by atoms with Crippen molar-refractivity contribution in [2.75, 3.05) is 5.73 Å². The Morgan fingerprint density at radius 3 is 3.31 bits per heavy atom. The number of pyridine rings is 1. The van der Waals surface area contributed by atoms with Gasteiger partial charge in [-0.2, -0.15) is 0 Å². The maximum Gasteiger partial charge on any atom is 0.140 e. The van der Waals surface area contributed by atoms with Gasteiger partial charge in [0.05, 0.1) is 11.2 Å². The predicted octanol–water partition coefficient (Wildman–Crippen LogP) is 1.16. The van der Waals surface area contributed by atoms with Crippen LogP contribution >= 0.6 is 0 Å². The molecule has 0 saturated carbocycles. The van der Waals surface area contributed by atoms with E-state index in [0.717, 1.165) is 0 Å². The molecule has 2 aromatic heterocycles. The van der Waals surface area contributed by atoms with Crippen LogP contribution in [0.4, 0.5) is 5.82 Å². The Balaban J connectivity index is 2.78. The van der Waals surface area contributed by atoms with E-state index in [0.29, 0.717) is 4.57 Å². The van der Waals surface area contributed by atoms with Crippen molar-refractivity contribution in [2.24, 2.45) is 0 Å². The Labute approximate surface area is 87.3 Å². The van der Waals surface area contributed by atoms with Crippen molar-refractivity contribution >= 4 is 5.82 Å². The molecule has 13 heavy (non-hydrogen) atoms. The summed E-state index contributed by atoms with van der Waals surface area (Å²) in [6, 6.07) is -1.51. The zero-order valence-corrected chi connectivity index (χ0v) is 6.42. The van der Waals surface area contributed by atoms with Gasteiger partial charge in [-0.15, -0.1) is 0 Å². The minimum Gasteiger partial charge on any atom is -0.384 e. The monoisotopic (exact) mass is 182 g/mol. The molecule has 4 nitrogen and oxygen atoms in total. The summed E-state index contributed by atoms with van der Waals surface area (Å²) in [6.07, 6.45) is -1.24. The number of aromatic nitrogens is 3. The molecule has 0 spiro atoms. The normalized spacial score (nSPS) is 20.0. The first-order valence-electron chi connectivity index (χ1n) is 7.35. The second-order valence-electron chi connectivity index (χ2n) is 2.20. The molecule has 2 rings (SSSR count). The predicted molar refractivity (Wildman–Crippen MR) is 50.5 cm³/mol. The summed E-state index contributed by atoms with van der Waals surface area (Å²) in [5.74, 6) is -0.722. The number of rotatable bonds is 1. The lowest BCUT2D eigenvalue weighted by Crippen LogP contribution is -1.97. The van der Waals surface area contributed by atoms with Crippen LogP contribution in [0, 0.1) is 6.85 Å². The third-order valence-electron chi connectivity index (χ3n) is 1.28. The zero-order valence-electron chi connectivity index (χ0n) is 14.4. The van der Waals surface area contributed by atoms with E-state index in [9.17, 15) is 0 Å². The molecule has 2 aromatic rings.